The number of nitrogens with zero attached hydrogens (tertiary/aromatic N) is 3. The number of aromatic nitrogens is 2. The third-order valence-corrected chi connectivity index (χ3v) is 6.46. The lowest BCUT2D eigenvalue weighted by Crippen LogP contribution is -2.48. The van der Waals surface area contributed by atoms with Crippen molar-refractivity contribution in [1.29, 1.82) is 0 Å². The van der Waals surface area contributed by atoms with Crippen molar-refractivity contribution in [3.63, 3.8) is 0 Å². The van der Waals surface area contributed by atoms with Crippen molar-refractivity contribution in [2.75, 3.05) is 31.5 Å². The summed E-state index contributed by atoms with van der Waals surface area (Å²) in [6.45, 7) is 3.42. The van der Waals surface area contributed by atoms with Crippen molar-refractivity contribution in [1.82, 2.24) is 25.1 Å². The Morgan fingerprint density at radius 1 is 1.19 bits per heavy atom. The monoisotopic (exact) mass is 459 g/mol. The van der Waals surface area contributed by atoms with E-state index in [1.54, 1.807) is 23.2 Å². The van der Waals surface area contributed by atoms with Gasteiger partial charge in [-0.05, 0) is 49.4 Å². The first-order valence-corrected chi connectivity index (χ1v) is 11.5. The van der Waals surface area contributed by atoms with Crippen molar-refractivity contribution in [3.8, 4) is 5.69 Å². The van der Waals surface area contributed by atoms with Crippen LogP contribution in [0.15, 0.2) is 35.3 Å². The Hall–Kier alpha value is -2.46. The minimum Gasteiger partial charge on any atom is -0.328 e. The summed E-state index contributed by atoms with van der Waals surface area (Å²) in [5.74, 6) is 0.230. The van der Waals surface area contributed by atoms with E-state index >= 15 is 0 Å². The van der Waals surface area contributed by atoms with E-state index in [0.29, 0.717) is 42.4 Å². The number of piperazine rings is 1. The molecule has 1 aliphatic heterocycles. The van der Waals surface area contributed by atoms with E-state index in [1.807, 2.05) is 12.1 Å². The van der Waals surface area contributed by atoms with Crippen molar-refractivity contribution in [2.24, 2.45) is 5.73 Å². The lowest BCUT2D eigenvalue weighted by atomic mass is 9.92. The van der Waals surface area contributed by atoms with Crippen LogP contribution in [-0.4, -0.2) is 58.7 Å². The van der Waals surface area contributed by atoms with Gasteiger partial charge in [-0.3, -0.25) is 9.88 Å². The molecule has 1 saturated heterocycles. The lowest BCUT2D eigenvalue weighted by Gasteiger charge is -2.27. The molecule has 5 N–H and O–H groups in total. The Bertz CT molecular complexity index is 998. The van der Waals surface area contributed by atoms with Crippen molar-refractivity contribution < 1.29 is 4.79 Å². The molecular formula is C22H30ClN7O2. The number of amides is 2. The maximum absolute atomic E-state index is 12.6. The van der Waals surface area contributed by atoms with Gasteiger partial charge in [0.15, 0.2) is 0 Å². The van der Waals surface area contributed by atoms with Gasteiger partial charge in [0.2, 0.25) is 0 Å². The van der Waals surface area contributed by atoms with Crippen LogP contribution in [0.5, 0.6) is 0 Å². The number of hydrogen-bond donors (Lipinski definition) is 4. The number of rotatable bonds is 5. The minimum atomic E-state index is -0.483. The highest BCUT2D eigenvalue weighted by atomic mass is 35.5. The molecule has 0 bridgehead atoms. The van der Waals surface area contributed by atoms with Crippen LogP contribution in [0.2, 0.25) is 5.02 Å². The van der Waals surface area contributed by atoms with Crippen LogP contribution in [0.25, 0.3) is 5.69 Å². The summed E-state index contributed by atoms with van der Waals surface area (Å²) in [5.41, 5.74) is 7.09. The zero-order valence-electron chi connectivity index (χ0n) is 18.0. The van der Waals surface area contributed by atoms with Gasteiger partial charge in [-0.15, -0.1) is 0 Å². The topological polar surface area (TPSA) is 117 Å². The number of halogens is 1. The first-order valence-electron chi connectivity index (χ1n) is 11.1. The molecule has 0 radical (unpaired) electrons. The third kappa shape index (κ3) is 5.66. The quantitative estimate of drug-likeness (QED) is 0.540. The van der Waals surface area contributed by atoms with Gasteiger partial charge in [-0.2, -0.15) is 4.98 Å². The van der Waals surface area contributed by atoms with Crippen LogP contribution in [0.1, 0.15) is 31.2 Å². The summed E-state index contributed by atoms with van der Waals surface area (Å²) in [7, 11) is 0. The molecule has 0 spiro atoms. The number of benzene rings is 1. The van der Waals surface area contributed by atoms with Crippen molar-refractivity contribution >= 4 is 23.4 Å². The van der Waals surface area contributed by atoms with Crippen LogP contribution in [0, 0.1) is 0 Å². The molecule has 10 heteroatoms. The molecule has 172 valence electrons. The molecule has 1 saturated carbocycles. The third-order valence-electron chi connectivity index (χ3n) is 6.11. The number of anilines is 1. The maximum Gasteiger partial charge on any atom is 0.354 e. The molecule has 4 rings (SSSR count). The van der Waals surface area contributed by atoms with Crippen LogP contribution < -0.4 is 27.4 Å². The predicted molar refractivity (Wildman–Crippen MR) is 125 cm³/mol. The fraction of sp³-hybridized carbons (Fsp3) is 0.500. The van der Waals surface area contributed by atoms with E-state index in [-0.39, 0.29) is 11.8 Å². The second-order valence-electron chi connectivity index (χ2n) is 8.40. The molecule has 9 nitrogen and oxygen atoms in total. The molecule has 1 aliphatic carbocycles. The SMILES string of the molecule is N[C@H]1CC[C@H](NCc2ccc(-n3ccc(NC(=O)N4CCNCC4)nc3=O)cc2Cl)CC1. The van der Waals surface area contributed by atoms with Crippen LogP contribution in [0.4, 0.5) is 10.6 Å². The maximum atomic E-state index is 12.6. The highest BCUT2D eigenvalue weighted by molar-refractivity contribution is 6.31. The van der Waals surface area contributed by atoms with E-state index < -0.39 is 5.69 Å². The summed E-state index contributed by atoms with van der Waals surface area (Å²) in [6.07, 6.45) is 5.85. The van der Waals surface area contributed by atoms with Gasteiger partial charge in [0.1, 0.15) is 5.82 Å². The number of carbonyl (C=O) groups is 1. The Kier molecular flexibility index (Phi) is 7.41. The zero-order chi connectivity index (χ0) is 22.5. The first-order chi connectivity index (χ1) is 15.5. The highest BCUT2D eigenvalue weighted by Crippen LogP contribution is 2.22. The molecule has 2 fully saturated rings. The molecule has 1 aromatic heterocycles. The van der Waals surface area contributed by atoms with Crippen LogP contribution in [-0.2, 0) is 6.54 Å². The summed E-state index contributed by atoms with van der Waals surface area (Å²) < 4.78 is 1.41. The molecular weight excluding hydrogens is 430 g/mol. The number of nitrogens with two attached hydrogens (primary N) is 1. The Morgan fingerprint density at radius 2 is 1.94 bits per heavy atom. The van der Waals surface area contributed by atoms with E-state index in [4.69, 9.17) is 17.3 Å². The molecule has 32 heavy (non-hydrogen) atoms. The first kappa shape index (κ1) is 22.7. The normalized spacial score (nSPS) is 21.4. The van der Waals surface area contributed by atoms with Gasteiger partial charge < -0.3 is 21.3 Å². The minimum absolute atomic E-state index is 0.230. The zero-order valence-corrected chi connectivity index (χ0v) is 18.8. The number of carbonyl (C=O) groups excluding carboxylic acids is 1. The van der Waals surface area contributed by atoms with Gasteiger partial charge in [0.05, 0.1) is 5.69 Å². The summed E-state index contributed by atoms with van der Waals surface area (Å²) in [6, 6.07) is 7.67. The van der Waals surface area contributed by atoms with E-state index in [1.165, 1.54) is 4.57 Å². The van der Waals surface area contributed by atoms with E-state index in [2.05, 4.69) is 20.9 Å². The molecule has 2 aromatic rings. The van der Waals surface area contributed by atoms with Crippen LogP contribution in [0.3, 0.4) is 0 Å². The Labute approximate surface area is 192 Å². The average molecular weight is 460 g/mol. The number of urea groups is 1. The van der Waals surface area contributed by atoms with Crippen molar-refractivity contribution in [2.45, 2.75) is 44.3 Å². The molecule has 2 amide bonds. The summed E-state index contributed by atoms with van der Waals surface area (Å²) in [4.78, 5) is 30.6. The standard InChI is InChI=1S/C22H30ClN7O2/c23-19-13-18(6-1-15(19)14-26-17-4-2-16(24)3-5-17)30-10-7-20(28-22(30)32)27-21(31)29-11-8-25-9-12-29/h1,6-7,10,13,16-17,25-26H,2-5,8-9,11-12,14,24H2,(H,27,28,31,32)/t16-,17-. The fourth-order valence-corrected chi connectivity index (χ4v) is 4.37. The van der Waals surface area contributed by atoms with Crippen LogP contribution >= 0.6 is 11.6 Å². The Morgan fingerprint density at radius 3 is 2.62 bits per heavy atom. The molecule has 1 aromatic carbocycles. The Balaban J connectivity index is 1.39. The average Bonchev–Trinajstić information content (AvgIpc) is 2.80. The van der Waals surface area contributed by atoms with Gasteiger partial charge in [0, 0.05) is 56.0 Å². The van der Waals surface area contributed by atoms with Gasteiger partial charge in [-0.1, -0.05) is 17.7 Å². The van der Waals surface area contributed by atoms with E-state index in [9.17, 15) is 9.59 Å². The summed E-state index contributed by atoms with van der Waals surface area (Å²) in [5, 5.41) is 10.0. The lowest BCUT2D eigenvalue weighted by molar-refractivity contribution is 0.204. The smallest absolute Gasteiger partial charge is 0.328 e. The van der Waals surface area contributed by atoms with E-state index in [0.717, 1.165) is 44.3 Å². The van der Waals surface area contributed by atoms with Gasteiger partial charge in [0.25, 0.3) is 0 Å². The molecule has 2 heterocycles. The second-order valence-corrected chi connectivity index (χ2v) is 8.81. The molecule has 0 unspecified atom stereocenters. The number of hydrogen-bond acceptors (Lipinski definition) is 6. The predicted octanol–water partition coefficient (Wildman–Crippen LogP) is 1.68. The second kappa shape index (κ2) is 10.4. The van der Waals surface area contributed by atoms with Crippen molar-refractivity contribution in [3.05, 3.63) is 51.5 Å². The largest absolute Gasteiger partial charge is 0.354 e. The number of nitrogens with one attached hydrogen (secondary N) is 3. The van der Waals surface area contributed by atoms with Gasteiger partial charge >= 0.3 is 11.7 Å². The molecule has 2 aliphatic rings. The highest BCUT2D eigenvalue weighted by Gasteiger charge is 2.19. The summed E-state index contributed by atoms with van der Waals surface area (Å²) >= 11 is 6.50. The molecule has 0 atom stereocenters. The van der Waals surface area contributed by atoms with Gasteiger partial charge in [-0.25, -0.2) is 9.59 Å². The fourth-order valence-electron chi connectivity index (χ4n) is 4.13.